The number of rotatable bonds is 1. The topological polar surface area (TPSA) is 64.4 Å². The van der Waals surface area contributed by atoms with E-state index in [0.717, 1.165) is 0 Å². The highest BCUT2D eigenvalue weighted by molar-refractivity contribution is 7.71. The van der Waals surface area contributed by atoms with Crippen LogP contribution in [0.1, 0.15) is 6.92 Å². The van der Waals surface area contributed by atoms with Gasteiger partial charge in [-0.1, -0.05) is 6.58 Å². The van der Waals surface area contributed by atoms with Crippen LogP contribution in [0, 0.1) is 9.54 Å². The Morgan fingerprint density at radius 1 is 1.42 bits per heavy atom. The van der Waals surface area contributed by atoms with E-state index in [1.807, 2.05) is 0 Å². The van der Waals surface area contributed by atoms with Gasteiger partial charge in [0.15, 0.2) is 15.3 Å². The van der Waals surface area contributed by atoms with Crippen LogP contribution in [0.3, 0.4) is 0 Å². The van der Waals surface area contributed by atoms with Crippen LogP contribution >= 0.6 is 24.4 Å². The standard InChI is InChI=1S/C4H6O.C2H3N3S2/c1-3-4(2)5;6-1-3-2(7)5-4-1/h3H,1H2,2H3;(H3,3,4,5,6,7). The smallest absolute Gasteiger partial charge is 0.191 e. The van der Waals surface area contributed by atoms with Gasteiger partial charge < -0.3 is 4.98 Å². The van der Waals surface area contributed by atoms with E-state index in [0.29, 0.717) is 9.54 Å². The van der Waals surface area contributed by atoms with Gasteiger partial charge in [-0.05, 0) is 37.4 Å². The molecule has 0 aliphatic heterocycles. The summed E-state index contributed by atoms with van der Waals surface area (Å²) in [6, 6.07) is 0. The van der Waals surface area contributed by atoms with Gasteiger partial charge in [0.05, 0.1) is 0 Å². The highest BCUT2D eigenvalue weighted by Gasteiger charge is 1.71. The van der Waals surface area contributed by atoms with E-state index in [9.17, 15) is 4.79 Å². The highest BCUT2D eigenvalue weighted by Crippen LogP contribution is 1.73. The largest absolute Gasteiger partial charge is 0.307 e. The average Bonchev–Trinajstić information content (AvgIpc) is 2.36. The van der Waals surface area contributed by atoms with Gasteiger partial charge in [-0.15, -0.1) is 0 Å². The zero-order valence-electron chi connectivity index (χ0n) is 6.51. The van der Waals surface area contributed by atoms with Gasteiger partial charge in [0.25, 0.3) is 0 Å². The predicted octanol–water partition coefficient (Wildman–Crippen LogP) is 1.89. The predicted molar refractivity (Wildman–Crippen MR) is 52.0 cm³/mol. The van der Waals surface area contributed by atoms with E-state index in [4.69, 9.17) is 0 Å². The molecule has 4 nitrogen and oxygen atoms in total. The number of carbonyl (C=O) groups excluding carboxylic acids is 1. The van der Waals surface area contributed by atoms with Crippen LogP contribution in [0.15, 0.2) is 12.7 Å². The SMILES string of the molecule is C=CC(C)=O.S=c1[nH][nH]c(=S)[nH]1. The Morgan fingerprint density at radius 2 is 1.75 bits per heavy atom. The zero-order valence-corrected chi connectivity index (χ0v) is 8.14. The van der Waals surface area contributed by atoms with Gasteiger partial charge in [0, 0.05) is 0 Å². The molecule has 0 radical (unpaired) electrons. The number of aromatic amines is 3. The molecule has 0 spiro atoms. The fourth-order valence-electron chi connectivity index (χ4n) is 0.279. The first kappa shape index (κ1) is 11.0. The second-order valence-corrected chi connectivity index (χ2v) is 2.66. The number of nitrogens with one attached hydrogen (secondary N) is 3. The van der Waals surface area contributed by atoms with Gasteiger partial charge in [-0.3, -0.25) is 15.0 Å². The Kier molecular flexibility index (Phi) is 5.14. The summed E-state index contributed by atoms with van der Waals surface area (Å²) in [6.45, 7) is 4.68. The molecule has 1 heterocycles. The van der Waals surface area contributed by atoms with E-state index < -0.39 is 0 Å². The van der Waals surface area contributed by atoms with Gasteiger partial charge in [-0.2, -0.15) is 0 Å². The minimum atomic E-state index is 0.0185. The summed E-state index contributed by atoms with van der Waals surface area (Å²) in [5, 5.41) is 5.20. The number of ketones is 1. The van der Waals surface area contributed by atoms with Crippen molar-refractivity contribution in [3.63, 3.8) is 0 Å². The third-order valence-electron chi connectivity index (χ3n) is 0.804. The molecule has 1 aromatic heterocycles. The van der Waals surface area contributed by atoms with Crippen LogP contribution in [0.5, 0.6) is 0 Å². The molecular formula is C6H9N3OS2. The Morgan fingerprint density at radius 3 is 1.83 bits per heavy atom. The molecule has 0 amide bonds. The van der Waals surface area contributed by atoms with Crippen molar-refractivity contribution in [3.05, 3.63) is 22.2 Å². The molecule has 6 heteroatoms. The Hall–Kier alpha value is -1.01. The number of allylic oxidation sites excluding steroid dienone is 1. The first-order valence-electron chi connectivity index (χ1n) is 3.06. The third kappa shape index (κ3) is 5.75. The second kappa shape index (κ2) is 5.62. The van der Waals surface area contributed by atoms with E-state index in [1.165, 1.54) is 13.0 Å². The lowest BCUT2D eigenvalue weighted by molar-refractivity contribution is -0.112. The molecule has 12 heavy (non-hydrogen) atoms. The van der Waals surface area contributed by atoms with Gasteiger partial charge in [0.2, 0.25) is 0 Å². The summed E-state index contributed by atoms with van der Waals surface area (Å²) in [7, 11) is 0. The van der Waals surface area contributed by atoms with Crippen molar-refractivity contribution in [2.75, 3.05) is 0 Å². The monoisotopic (exact) mass is 203 g/mol. The first-order chi connectivity index (χ1) is 5.56. The Balaban J connectivity index is 0.000000217. The number of H-pyrrole nitrogens is 3. The van der Waals surface area contributed by atoms with Crippen molar-refractivity contribution in [1.82, 2.24) is 15.2 Å². The minimum Gasteiger partial charge on any atom is -0.307 e. The molecule has 0 atom stereocenters. The van der Waals surface area contributed by atoms with Crippen molar-refractivity contribution in [2.45, 2.75) is 6.92 Å². The molecule has 3 N–H and O–H groups in total. The summed E-state index contributed by atoms with van der Waals surface area (Å²) in [5.41, 5.74) is 0. The van der Waals surface area contributed by atoms with Crippen molar-refractivity contribution in [2.24, 2.45) is 0 Å². The van der Waals surface area contributed by atoms with Crippen LogP contribution in [0.25, 0.3) is 0 Å². The molecule has 0 aliphatic rings. The maximum absolute atomic E-state index is 9.69. The van der Waals surface area contributed by atoms with Crippen LogP contribution in [-0.4, -0.2) is 21.0 Å². The normalized spacial score (nSPS) is 8.08. The zero-order chi connectivity index (χ0) is 9.56. The van der Waals surface area contributed by atoms with Gasteiger partial charge >= 0.3 is 0 Å². The molecule has 0 aromatic carbocycles. The second-order valence-electron chi connectivity index (χ2n) is 1.85. The number of aromatic nitrogens is 3. The van der Waals surface area contributed by atoms with Crippen molar-refractivity contribution < 1.29 is 4.79 Å². The van der Waals surface area contributed by atoms with Crippen molar-refractivity contribution in [1.29, 1.82) is 0 Å². The molecular weight excluding hydrogens is 194 g/mol. The average molecular weight is 203 g/mol. The van der Waals surface area contributed by atoms with E-state index >= 15 is 0 Å². The van der Waals surface area contributed by atoms with Crippen LogP contribution in [0.4, 0.5) is 0 Å². The van der Waals surface area contributed by atoms with Crippen LogP contribution in [-0.2, 0) is 4.79 Å². The fourth-order valence-corrected chi connectivity index (χ4v) is 0.650. The van der Waals surface area contributed by atoms with Crippen molar-refractivity contribution in [3.8, 4) is 0 Å². The van der Waals surface area contributed by atoms with Crippen LogP contribution in [0.2, 0.25) is 0 Å². The number of hydrogen-bond acceptors (Lipinski definition) is 3. The molecule has 0 unspecified atom stereocenters. The quantitative estimate of drug-likeness (QED) is 0.482. The first-order valence-corrected chi connectivity index (χ1v) is 3.88. The van der Waals surface area contributed by atoms with E-state index in [1.54, 1.807) is 0 Å². The lowest BCUT2D eigenvalue weighted by Crippen LogP contribution is -1.74. The third-order valence-corrected chi connectivity index (χ3v) is 1.21. The van der Waals surface area contributed by atoms with Gasteiger partial charge in [0.1, 0.15) is 0 Å². The molecule has 0 fully saturated rings. The molecule has 0 saturated carbocycles. The van der Waals surface area contributed by atoms with E-state index in [2.05, 4.69) is 46.2 Å². The van der Waals surface area contributed by atoms with Crippen molar-refractivity contribution >= 4 is 30.2 Å². The van der Waals surface area contributed by atoms with E-state index in [-0.39, 0.29) is 5.78 Å². The van der Waals surface area contributed by atoms with Gasteiger partial charge in [-0.25, -0.2) is 0 Å². The summed E-state index contributed by atoms with van der Waals surface area (Å²) < 4.78 is 1.06. The summed E-state index contributed by atoms with van der Waals surface area (Å²) >= 11 is 9.25. The summed E-state index contributed by atoms with van der Waals surface area (Å²) in [6.07, 6.45) is 1.28. The minimum absolute atomic E-state index is 0.0185. The van der Waals surface area contributed by atoms with Crippen LogP contribution < -0.4 is 0 Å². The Labute approximate surface area is 79.7 Å². The summed E-state index contributed by atoms with van der Waals surface area (Å²) in [5.74, 6) is 0.0185. The lowest BCUT2D eigenvalue weighted by atomic mass is 10.5. The molecule has 1 rings (SSSR count). The molecule has 66 valence electrons. The Bertz CT molecular complexity index is 335. The number of carbonyl (C=O) groups is 1. The molecule has 0 bridgehead atoms. The fraction of sp³-hybridized carbons (Fsp3) is 0.167. The maximum atomic E-state index is 9.69. The molecule has 0 aliphatic carbocycles. The number of hydrogen-bond donors (Lipinski definition) is 3. The molecule has 1 aromatic rings. The molecule has 0 saturated heterocycles. The maximum Gasteiger partial charge on any atom is 0.191 e. The lowest BCUT2D eigenvalue weighted by Gasteiger charge is -1.62. The summed E-state index contributed by atoms with van der Waals surface area (Å²) in [4.78, 5) is 12.4. The highest BCUT2D eigenvalue weighted by atomic mass is 32.1.